The molecule has 2 rings (SSSR count). The largest absolute Gasteiger partial charge is 0.380 e. The lowest BCUT2D eigenvalue weighted by Crippen LogP contribution is -2.11. The summed E-state index contributed by atoms with van der Waals surface area (Å²) in [5.41, 5.74) is 1.27. The zero-order valence-corrected chi connectivity index (χ0v) is 14.2. The van der Waals surface area contributed by atoms with Gasteiger partial charge in [-0.3, -0.25) is 9.67 Å². The molecule has 2 heterocycles. The molecular weight excluding hydrogens is 430 g/mol. The zero-order chi connectivity index (χ0) is 13.3. The number of pyridine rings is 1. The predicted octanol–water partition coefficient (Wildman–Crippen LogP) is 3.67. The minimum absolute atomic E-state index is 0.564. The molecule has 2 aromatic rings. The number of aliphatic hydroxyl groups is 1. The molecule has 0 saturated carbocycles. The highest BCUT2D eigenvalue weighted by molar-refractivity contribution is 9.11. The van der Waals surface area contributed by atoms with Gasteiger partial charge < -0.3 is 5.11 Å². The molecule has 0 fully saturated rings. The van der Waals surface area contributed by atoms with E-state index in [9.17, 15) is 5.11 Å². The molecule has 0 spiro atoms. The molecule has 0 aliphatic rings. The quantitative estimate of drug-likeness (QED) is 0.794. The van der Waals surface area contributed by atoms with Gasteiger partial charge in [0.1, 0.15) is 6.10 Å². The highest BCUT2D eigenvalue weighted by atomic mass is 79.9. The van der Waals surface area contributed by atoms with Crippen LogP contribution < -0.4 is 0 Å². The summed E-state index contributed by atoms with van der Waals surface area (Å²) in [6.45, 7) is 2.66. The van der Waals surface area contributed by atoms with Gasteiger partial charge in [-0.1, -0.05) is 0 Å². The van der Waals surface area contributed by atoms with Crippen LogP contribution in [0.25, 0.3) is 0 Å². The number of aromatic nitrogens is 3. The Morgan fingerprint density at radius 3 is 2.61 bits per heavy atom. The van der Waals surface area contributed by atoms with Crippen molar-refractivity contribution in [3.05, 3.63) is 43.3 Å². The highest BCUT2D eigenvalue weighted by Gasteiger charge is 2.22. The number of hydrogen-bond acceptors (Lipinski definition) is 3. The first-order chi connectivity index (χ1) is 8.54. The van der Waals surface area contributed by atoms with Crippen LogP contribution in [-0.2, 0) is 6.54 Å². The maximum Gasteiger partial charge on any atom is 0.140 e. The average Bonchev–Trinajstić information content (AvgIpc) is 2.69. The second kappa shape index (κ2) is 5.81. The summed E-state index contributed by atoms with van der Waals surface area (Å²) < 4.78 is 4.12. The Hall–Kier alpha value is -0.240. The lowest BCUT2D eigenvalue weighted by Gasteiger charge is -2.14. The lowest BCUT2D eigenvalue weighted by molar-refractivity contribution is 0.201. The summed E-state index contributed by atoms with van der Waals surface area (Å²) in [5, 5.41) is 14.6. The molecule has 7 heteroatoms. The van der Waals surface area contributed by atoms with Crippen molar-refractivity contribution >= 4 is 47.8 Å². The minimum Gasteiger partial charge on any atom is -0.380 e. The van der Waals surface area contributed by atoms with Crippen LogP contribution in [0.4, 0.5) is 0 Å². The highest BCUT2D eigenvalue weighted by Crippen LogP contribution is 2.32. The maximum atomic E-state index is 10.4. The van der Waals surface area contributed by atoms with Crippen molar-refractivity contribution in [1.29, 1.82) is 0 Å². The van der Waals surface area contributed by atoms with E-state index in [0.717, 1.165) is 13.4 Å². The molecule has 0 saturated heterocycles. The minimum atomic E-state index is -0.829. The maximum absolute atomic E-state index is 10.4. The zero-order valence-electron chi connectivity index (χ0n) is 9.44. The fraction of sp³-hybridized carbons (Fsp3) is 0.273. The number of nitrogens with zero attached hydrogens (tertiary/aromatic N) is 3. The molecule has 1 atom stereocenters. The second-order valence-corrected chi connectivity index (χ2v) is 6.24. The summed E-state index contributed by atoms with van der Waals surface area (Å²) in [6.07, 6.45) is 2.50. The van der Waals surface area contributed by atoms with Gasteiger partial charge in [0.05, 0.1) is 22.1 Å². The van der Waals surface area contributed by atoms with Crippen molar-refractivity contribution in [2.75, 3.05) is 0 Å². The number of hydrogen-bond donors (Lipinski definition) is 1. The molecule has 0 aliphatic carbocycles. The number of aliphatic hydroxyl groups excluding tert-OH is 1. The summed E-state index contributed by atoms with van der Waals surface area (Å²) in [7, 11) is 0. The lowest BCUT2D eigenvalue weighted by atomic mass is 10.1. The van der Waals surface area contributed by atoms with Crippen molar-refractivity contribution in [1.82, 2.24) is 14.8 Å². The standard InChI is InChI=1S/C11H10Br3N3O/c1-2-17-10(8(14)5-16-17)11(18)9-7(13)3-6(12)4-15-9/h3-5,11,18H,2H2,1H3. The van der Waals surface area contributed by atoms with Gasteiger partial charge in [-0.15, -0.1) is 0 Å². The van der Waals surface area contributed by atoms with Gasteiger partial charge in [0.15, 0.2) is 0 Å². The van der Waals surface area contributed by atoms with Crippen LogP contribution in [0.5, 0.6) is 0 Å². The molecule has 1 N–H and O–H groups in total. The van der Waals surface area contributed by atoms with E-state index in [1.54, 1.807) is 17.1 Å². The Morgan fingerprint density at radius 1 is 1.28 bits per heavy atom. The van der Waals surface area contributed by atoms with Crippen molar-refractivity contribution in [2.24, 2.45) is 0 Å². The average molecular weight is 440 g/mol. The van der Waals surface area contributed by atoms with Gasteiger partial charge >= 0.3 is 0 Å². The summed E-state index contributed by atoms with van der Waals surface area (Å²) >= 11 is 10.1. The predicted molar refractivity (Wildman–Crippen MR) is 79.3 cm³/mol. The molecule has 4 nitrogen and oxygen atoms in total. The first kappa shape index (κ1) is 14.2. The first-order valence-electron chi connectivity index (χ1n) is 5.24. The van der Waals surface area contributed by atoms with Crippen LogP contribution >= 0.6 is 47.8 Å². The number of rotatable bonds is 3. The molecule has 2 aromatic heterocycles. The molecule has 1 unspecified atom stereocenters. The van der Waals surface area contributed by atoms with Crippen LogP contribution in [0.1, 0.15) is 24.4 Å². The van der Waals surface area contributed by atoms with Crippen molar-refractivity contribution in [3.63, 3.8) is 0 Å². The van der Waals surface area contributed by atoms with E-state index in [-0.39, 0.29) is 0 Å². The van der Waals surface area contributed by atoms with Crippen LogP contribution in [0.15, 0.2) is 31.9 Å². The van der Waals surface area contributed by atoms with E-state index in [1.165, 1.54) is 0 Å². The van der Waals surface area contributed by atoms with E-state index < -0.39 is 6.10 Å². The molecule has 0 amide bonds. The molecule has 0 radical (unpaired) electrons. The summed E-state index contributed by atoms with van der Waals surface area (Å²) in [6, 6.07) is 1.85. The van der Waals surface area contributed by atoms with Crippen LogP contribution in [-0.4, -0.2) is 19.9 Å². The van der Waals surface area contributed by atoms with Gasteiger partial charge in [0, 0.05) is 21.7 Å². The van der Waals surface area contributed by atoms with E-state index in [0.29, 0.717) is 17.9 Å². The third kappa shape index (κ3) is 2.68. The van der Waals surface area contributed by atoms with Crippen LogP contribution in [0.3, 0.4) is 0 Å². The SMILES string of the molecule is CCn1ncc(Br)c1C(O)c1ncc(Br)cc1Br. The fourth-order valence-electron chi connectivity index (χ4n) is 1.65. The fourth-order valence-corrected chi connectivity index (χ4v) is 3.37. The normalized spacial score (nSPS) is 12.7. The third-order valence-electron chi connectivity index (χ3n) is 2.49. The van der Waals surface area contributed by atoms with E-state index in [2.05, 4.69) is 57.9 Å². The molecular formula is C11H10Br3N3O. The van der Waals surface area contributed by atoms with Crippen molar-refractivity contribution in [2.45, 2.75) is 19.6 Å². The van der Waals surface area contributed by atoms with Gasteiger partial charge in [-0.2, -0.15) is 5.10 Å². The number of halogens is 3. The van der Waals surface area contributed by atoms with Gasteiger partial charge in [0.25, 0.3) is 0 Å². The van der Waals surface area contributed by atoms with Gasteiger partial charge in [0.2, 0.25) is 0 Å². The molecule has 18 heavy (non-hydrogen) atoms. The summed E-state index contributed by atoms with van der Waals surface area (Å²) in [5.74, 6) is 0. The topological polar surface area (TPSA) is 50.9 Å². The van der Waals surface area contributed by atoms with E-state index in [4.69, 9.17) is 0 Å². The monoisotopic (exact) mass is 437 g/mol. The summed E-state index contributed by atoms with van der Waals surface area (Å²) in [4.78, 5) is 4.24. The second-order valence-electron chi connectivity index (χ2n) is 3.62. The third-order valence-corrected chi connectivity index (χ3v) is 4.17. The van der Waals surface area contributed by atoms with Crippen molar-refractivity contribution < 1.29 is 5.11 Å². The first-order valence-corrected chi connectivity index (χ1v) is 7.62. The Balaban J connectivity index is 2.47. The Morgan fingerprint density at radius 2 is 2.00 bits per heavy atom. The van der Waals surface area contributed by atoms with Crippen LogP contribution in [0.2, 0.25) is 0 Å². The Labute approximate surface area is 130 Å². The smallest absolute Gasteiger partial charge is 0.140 e. The molecule has 0 aromatic carbocycles. The van der Waals surface area contributed by atoms with E-state index in [1.807, 2.05) is 13.0 Å². The van der Waals surface area contributed by atoms with Gasteiger partial charge in [-0.25, -0.2) is 0 Å². The molecule has 96 valence electrons. The van der Waals surface area contributed by atoms with Gasteiger partial charge in [-0.05, 0) is 60.8 Å². The van der Waals surface area contributed by atoms with Crippen LogP contribution in [0, 0.1) is 0 Å². The molecule has 0 bridgehead atoms. The van der Waals surface area contributed by atoms with E-state index >= 15 is 0 Å². The Bertz CT molecular complexity index is 571. The molecule has 0 aliphatic heterocycles. The Kier molecular flexibility index (Phi) is 4.58. The van der Waals surface area contributed by atoms with Crippen molar-refractivity contribution in [3.8, 4) is 0 Å². The number of aryl methyl sites for hydroxylation is 1.